The Morgan fingerprint density at radius 3 is 2.69 bits per heavy atom. The third-order valence-corrected chi connectivity index (χ3v) is 6.18. The lowest BCUT2D eigenvalue weighted by atomic mass is 10.1. The maximum absolute atomic E-state index is 13.4. The molecule has 0 unspecified atom stereocenters. The maximum atomic E-state index is 13.4. The molecule has 0 aliphatic carbocycles. The first kappa shape index (κ1) is 21.1. The van der Waals surface area contributed by atoms with Gasteiger partial charge in [-0.3, -0.25) is 4.98 Å². The highest BCUT2D eigenvalue weighted by molar-refractivity contribution is 7.99. The summed E-state index contributed by atoms with van der Waals surface area (Å²) in [5.41, 5.74) is 3.22. The van der Waals surface area contributed by atoms with Gasteiger partial charge >= 0.3 is 0 Å². The van der Waals surface area contributed by atoms with Crippen molar-refractivity contribution in [3.05, 3.63) is 97.1 Å². The molecule has 0 spiro atoms. The number of pyridine rings is 1. The van der Waals surface area contributed by atoms with Crippen molar-refractivity contribution in [2.75, 3.05) is 0 Å². The third-order valence-electron chi connectivity index (χ3n) is 5.26. The first-order chi connectivity index (χ1) is 17.2. The van der Waals surface area contributed by atoms with E-state index in [1.807, 2.05) is 60.7 Å². The molecule has 35 heavy (non-hydrogen) atoms. The van der Waals surface area contributed by atoms with Crippen LogP contribution in [0.25, 0.3) is 27.8 Å². The second-order valence-corrected chi connectivity index (χ2v) is 8.62. The molecule has 6 rings (SSSR count). The number of hydrogen-bond acceptors (Lipinski definition) is 8. The van der Waals surface area contributed by atoms with E-state index in [9.17, 15) is 4.39 Å². The molecule has 10 heteroatoms. The van der Waals surface area contributed by atoms with Crippen molar-refractivity contribution >= 4 is 28.3 Å². The number of rotatable bonds is 6. The normalized spacial score (nSPS) is 11.2. The zero-order chi connectivity index (χ0) is 23.6. The third kappa shape index (κ3) is 4.38. The van der Waals surface area contributed by atoms with E-state index in [4.69, 9.17) is 9.84 Å². The monoisotopic (exact) mass is 481 g/mol. The molecule has 0 N–H and O–H groups in total. The number of benzene rings is 2. The first-order valence-corrected chi connectivity index (χ1v) is 11.5. The zero-order valence-corrected chi connectivity index (χ0v) is 18.9. The van der Waals surface area contributed by atoms with Gasteiger partial charge in [-0.2, -0.15) is 14.0 Å². The van der Waals surface area contributed by atoms with E-state index < -0.39 is 5.95 Å². The smallest absolute Gasteiger partial charge is 0.217 e. The van der Waals surface area contributed by atoms with Crippen LogP contribution in [0, 0.1) is 5.95 Å². The molecule has 0 bridgehead atoms. The molecule has 8 nitrogen and oxygen atoms in total. The Labute approximate surface area is 202 Å². The summed E-state index contributed by atoms with van der Waals surface area (Å²) >= 11 is 1.33. The van der Waals surface area contributed by atoms with Crippen LogP contribution in [-0.4, -0.2) is 34.8 Å². The molecule has 0 saturated heterocycles. The highest BCUT2D eigenvalue weighted by Gasteiger charge is 2.12. The molecule has 170 valence electrons. The summed E-state index contributed by atoms with van der Waals surface area (Å²) in [7, 11) is 0. The van der Waals surface area contributed by atoms with E-state index in [0.717, 1.165) is 27.1 Å². The molecule has 0 aliphatic heterocycles. The molecular weight excluding hydrogens is 465 g/mol. The molecule has 4 heterocycles. The number of hydrogen-bond donors (Lipinski definition) is 0. The molecule has 0 fully saturated rings. The van der Waals surface area contributed by atoms with Crippen LogP contribution < -0.4 is 4.74 Å². The minimum atomic E-state index is -0.566. The molecule has 0 amide bonds. The van der Waals surface area contributed by atoms with Crippen LogP contribution in [0.15, 0.2) is 95.2 Å². The Morgan fingerprint density at radius 2 is 1.80 bits per heavy atom. The molecule has 2 aromatic carbocycles. The van der Waals surface area contributed by atoms with Gasteiger partial charge in [0.25, 0.3) is 0 Å². The van der Waals surface area contributed by atoms with Crippen molar-refractivity contribution in [2.24, 2.45) is 0 Å². The Morgan fingerprint density at radius 1 is 0.886 bits per heavy atom. The quantitative estimate of drug-likeness (QED) is 0.307. The Bertz CT molecular complexity index is 1660. The van der Waals surface area contributed by atoms with Gasteiger partial charge in [0, 0.05) is 28.1 Å². The standard InChI is InChI=1S/C25H16FN7OS/c26-22-13-25(29-15-28-22)35-17-6-7-18-20(12-17)27-11-10-21(18)34-14-24-31-30-23-9-8-19(32-33(23)24)16-4-2-1-3-5-16/h1-13,15H,14H2. The van der Waals surface area contributed by atoms with Gasteiger partial charge in [-0.15, -0.1) is 10.2 Å². The second-order valence-electron chi connectivity index (χ2n) is 7.53. The average molecular weight is 482 g/mol. The van der Waals surface area contributed by atoms with Gasteiger partial charge in [-0.25, -0.2) is 9.97 Å². The molecule has 0 radical (unpaired) electrons. The van der Waals surface area contributed by atoms with Crippen LogP contribution in [0.5, 0.6) is 5.75 Å². The van der Waals surface area contributed by atoms with Gasteiger partial charge in [-0.1, -0.05) is 42.1 Å². The largest absolute Gasteiger partial charge is 0.485 e. The number of halogens is 1. The van der Waals surface area contributed by atoms with Crippen LogP contribution >= 0.6 is 11.8 Å². The van der Waals surface area contributed by atoms with Crippen LogP contribution in [-0.2, 0) is 6.61 Å². The van der Waals surface area contributed by atoms with Gasteiger partial charge < -0.3 is 4.74 Å². The predicted octanol–water partition coefficient (Wildman–Crippen LogP) is 5.00. The van der Waals surface area contributed by atoms with Gasteiger partial charge in [0.05, 0.1) is 11.2 Å². The summed E-state index contributed by atoms with van der Waals surface area (Å²) in [5.74, 6) is 0.680. The van der Waals surface area contributed by atoms with Crippen LogP contribution in [0.3, 0.4) is 0 Å². The zero-order valence-electron chi connectivity index (χ0n) is 18.1. The number of nitrogens with zero attached hydrogens (tertiary/aromatic N) is 7. The van der Waals surface area contributed by atoms with Crippen molar-refractivity contribution in [1.82, 2.24) is 34.8 Å². The summed E-state index contributed by atoms with van der Waals surface area (Å²) in [6.07, 6.45) is 2.89. The summed E-state index contributed by atoms with van der Waals surface area (Å²) in [4.78, 5) is 12.9. The minimum absolute atomic E-state index is 0.183. The van der Waals surface area contributed by atoms with Crippen LogP contribution in [0.1, 0.15) is 5.82 Å². The van der Waals surface area contributed by atoms with Crippen molar-refractivity contribution in [2.45, 2.75) is 16.5 Å². The van der Waals surface area contributed by atoms with E-state index in [1.165, 1.54) is 24.2 Å². The highest BCUT2D eigenvalue weighted by atomic mass is 32.2. The molecular formula is C25H16FN7OS. The molecule has 0 aliphatic rings. The fourth-order valence-electron chi connectivity index (χ4n) is 3.61. The topological polar surface area (TPSA) is 91.0 Å². The van der Waals surface area contributed by atoms with Crippen LogP contribution in [0.4, 0.5) is 4.39 Å². The van der Waals surface area contributed by atoms with E-state index in [-0.39, 0.29) is 6.61 Å². The lowest BCUT2D eigenvalue weighted by Crippen LogP contribution is -2.05. The van der Waals surface area contributed by atoms with Crippen molar-refractivity contribution in [3.63, 3.8) is 0 Å². The summed E-state index contributed by atoms with van der Waals surface area (Å²) < 4.78 is 21.2. The molecule has 0 atom stereocenters. The molecule has 4 aromatic heterocycles. The Balaban J connectivity index is 1.25. The van der Waals surface area contributed by atoms with Crippen molar-refractivity contribution in [1.29, 1.82) is 0 Å². The number of ether oxygens (including phenoxy) is 1. The lowest BCUT2D eigenvalue weighted by Gasteiger charge is -2.09. The molecule has 0 saturated carbocycles. The van der Waals surface area contributed by atoms with Gasteiger partial charge in [-0.05, 0) is 36.4 Å². The van der Waals surface area contributed by atoms with Gasteiger partial charge in [0.2, 0.25) is 5.95 Å². The summed E-state index contributed by atoms with van der Waals surface area (Å²) in [6, 6.07) is 22.6. The SMILES string of the molecule is Fc1cc(Sc2ccc3c(OCc4nnc5ccc(-c6ccccc6)nn45)ccnc3c2)ncn1. The molecule has 6 aromatic rings. The average Bonchev–Trinajstić information content (AvgIpc) is 3.30. The van der Waals surface area contributed by atoms with E-state index in [0.29, 0.717) is 22.2 Å². The maximum Gasteiger partial charge on any atom is 0.217 e. The van der Waals surface area contributed by atoms with E-state index in [1.54, 1.807) is 16.8 Å². The van der Waals surface area contributed by atoms with Gasteiger partial charge in [0.1, 0.15) is 23.7 Å². The summed E-state index contributed by atoms with van der Waals surface area (Å²) in [5, 5.41) is 14.5. The number of fused-ring (bicyclic) bond motifs is 2. The second kappa shape index (κ2) is 9.07. The fraction of sp³-hybridized carbons (Fsp3) is 0.0400. The minimum Gasteiger partial charge on any atom is -0.485 e. The lowest BCUT2D eigenvalue weighted by molar-refractivity contribution is 0.296. The van der Waals surface area contributed by atoms with E-state index >= 15 is 0 Å². The number of aromatic nitrogens is 7. The predicted molar refractivity (Wildman–Crippen MR) is 128 cm³/mol. The summed E-state index contributed by atoms with van der Waals surface area (Å²) in [6.45, 7) is 0.183. The van der Waals surface area contributed by atoms with E-state index in [2.05, 4.69) is 25.1 Å². The first-order valence-electron chi connectivity index (χ1n) is 10.7. The fourth-order valence-corrected chi connectivity index (χ4v) is 4.42. The highest BCUT2D eigenvalue weighted by Crippen LogP contribution is 2.31. The van der Waals surface area contributed by atoms with Gasteiger partial charge in [0.15, 0.2) is 11.5 Å². The Hall–Kier alpha value is -4.44. The van der Waals surface area contributed by atoms with Crippen molar-refractivity contribution in [3.8, 4) is 17.0 Å². The van der Waals surface area contributed by atoms with Crippen molar-refractivity contribution < 1.29 is 9.13 Å². The Kier molecular flexibility index (Phi) is 5.47. The van der Waals surface area contributed by atoms with Crippen LogP contribution in [0.2, 0.25) is 0 Å².